The zero-order chi connectivity index (χ0) is 19.0. The third kappa shape index (κ3) is 3.36. The lowest BCUT2D eigenvalue weighted by molar-refractivity contribution is -0.116. The maximum absolute atomic E-state index is 12.3. The van der Waals surface area contributed by atoms with Crippen LogP contribution in [-0.4, -0.2) is 25.5 Å². The number of anilines is 1. The highest BCUT2D eigenvalue weighted by molar-refractivity contribution is 6.30. The van der Waals surface area contributed by atoms with Crippen LogP contribution in [0.4, 0.5) is 5.82 Å². The van der Waals surface area contributed by atoms with E-state index >= 15 is 0 Å². The van der Waals surface area contributed by atoms with Gasteiger partial charge in [-0.2, -0.15) is 5.10 Å². The predicted octanol–water partition coefficient (Wildman–Crippen LogP) is 4.12. The molecule has 0 atom stereocenters. The van der Waals surface area contributed by atoms with E-state index in [1.54, 1.807) is 12.1 Å². The van der Waals surface area contributed by atoms with Gasteiger partial charge in [-0.3, -0.25) is 4.79 Å². The first-order chi connectivity index (χ1) is 13.0. The van der Waals surface area contributed by atoms with Crippen LogP contribution < -0.4 is 5.32 Å². The van der Waals surface area contributed by atoms with Crippen molar-refractivity contribution in [1.82, 2.24) is 19.6 Å². The Morgan fingerprint density at radius 1 is 1.19 bits per heavy atom. The Morgan fingerprint density at radius 3 is 2.78 bits per heavy atom. The molecule has 3 aromatic heterocycles. The average Bonchev–Trinajstić information content (AvgIpc) is 3.02. The van der Waals surface area contributed by atoms with E-state index in [0.29, 0.717) is 23.7 Å². The van der Waals surface area contributed by atoms with E-state index in [0.717, 1.165) is 33.5 Å². The van der Waals surface area contributed by atoms with Crippen LogP contribution in [0.25, 0.3) is 16.6 Å². The number of benzene rings is 1. The molecule has 0 spiro atoms. The summed E-state index contributed by atoms with van der Waals surface area (Å²) in [6.45, 7) is 3.99. The topological polar surface area (TPSA) is 72.2 Å². The molecule has 0 radical (unpaired) electrons. The van der Waals surface area contributed by atoms with E-state index in [9.17, 15) is 4.79 Å². The number of aryl methyl sites for hydroxylation is 2. The molecule has 0 aliphatic rings. The van der Waals surface area contributed by atoms with Crippen molar-refractivity contribution in [3.05, 3.63) is 64.6 Å². The molecule has 1 amide bonds. The van der Waals surface area contributed by atoms with Crippen molar-refractivity contribution in [3.63, 3.8) is 0 Å². The molecule has 4 aromatic rings. The number of halogens is 1. The van der Waals surface area contributed by atoms with E-state index in [1.165, 1.54) is 6.20 Å². The van der Waals surface area contributed by atoms with Crippen molar-refractivity contribution >= 4 is 39.9 Å². The van der Waals surface area contributed by atoms with Gasteiger partial charge in [-0.15, -0.1) is 0 Å². The molecule has 1 N–H and O–H groups in total. The first kappa shape index (κ1) is 17.4. The SMILES string of the molecule is Cc1nc2c3ccccc3nn2c(C)c1CCC(=O)Nc1ccc(Cl)cn1. The second-order valence-corrected chi connectivity index (χ2v) is 6.86. The number of amides is 1. The molecule has 136 valence electrons. The second-order valence-electron chi connectivity index (χ2n) is 6.42. The van der Waals surface area contributed by atoms with Gasteiger partial charge >= 0.3 is 0 Å². The van der Waals surface area contributed by atoms with Crippen LogP contribution in [0.15, 0.2) is 42.6 Å². The predicted molar refractivity (Wildman–Crippen MR) is 106 cm³/mol. The highest BCUT2D eigenvalue weighted by Gasteiger charge is 2.15. The van der Waals surface area contributed by atoms with Crippen LogP contribution in [0.1, 0.15) is 23.4 Å². The largest absolute Gasteiger partial charge is 0.311 e. The van der Waals surface area contributed by atoms with E-state index in [1.807, 2.05) is 42.6 Å². The Morgan fingerprint density at radius 2 is 2.00 bits per heavy atom. The van der Waals surface area contributed by atoms with Crippen molar-refractivity contribution in [3.8, 4) is 0 Å². The van der Waals surface area contributed by atoms with Crippen LogP contribution >= 0.6 is 11.6 Å². The fourth-order valence-corrected chi connectivity index (χ4v) is 3.34. The summed E-state index contributed by atoms with van der Waals surface area (Å²) in [6, 6.07) is 11.3. The molecule has 6 nitrogen and oxygen atoms in total. The molecular formula is C20H18ClN5O. The Hall–Kier alpha value is -2.99. The Labute approximate surface area is 161 Å². The lowest BCUT2D eigenvalue weighted by atomic mass is 10.1. The molecule has 0 fully saturated rings. The van der Waals surface area contributed by atoms with Crippen LogP contribution in [0.2, 0.25) is 5.02 Å². The number of aromatic nitrogens is 4. The molecule has 0 aliphatic carbocycles. The minimum absolute atomic E-state index is 0.102. The van der Waals surface area contributed by atoms with Gasteiger partial charge in [0, 0.05) is 29.4 Å². The van der Waals surface area contributed by atoms with Gasteiger partial charge in [-0.25, -0.2) is 14.5 Å². The van der Waals surface area contributed by atoms with Crippen LogP contribution in [-0.2, 0) is 11.2 Å². The summed E-state index contributed by atoms with van der Waals surface area (Å²) in [7, 11) is 0. The number of hydrogen-bond acceptors (Lipinski definition) is 4. The van der Waals surface area contributed by atoms with E-state index in [4.69, 9.17) is 16.6 Å². The monoisotopic (exact) mass is 379 g/mol. The molecule has 3 heterocycles. The van der Waals surface area contributed by atoms with Crippen molar-refractivity contribution in [2.24, 2.45) is 0 Å². The molecular weight excluding hydrogens is 362 g/mol. The van der Waals surface area contributed by atoms with Crippen LogP contribution in [0.5, 0.6) is 0 Å². The summed E-state index contributed by atoms with van der Waals surface area (Å²) in [6.07, 6.45) is 2.42. The van der Waals surface area contributed by atoms with Crippen molar-refractivity contribution in [2.75, 3.05) is 5.32 Å². The first-order valence-electron chi connectivity index (χ1n) is 8.68. The number of fused-ring (bicyclic) bond motifs is 3. The van der Waals surface area contributed by atoms with Gasteiger partial charge in [0.2, 0.25) is 5.91 Å². The van der Waals surface area contributed by atoms with Gasteiger partial charge in [-0.05, 0) is 50.1 Å². The third-order valence-corrected chi connectivity index (χ3v) is 4.84. The third-order valence-electron chi connectivity index (χ3n) is 4.62. The number of nitrogens with one attached hydrogen (secondary N) is 1. The first-order valence-corrected chi connectivity index (χ1v) is 9.05. The lowest BCUT2D eigenvalue weighted by Gasteiger charge is -2.11. The van der Waals surface area contributed by atoms with Crippen molar-refractivity contribution < 1.29 is 4.79 Å². The average molecular weight is 380 g/mol. The quantitative estimate of drug-likeness (QED) is 0.579. The molecule has 0 unspecified atom stereocenters. The van der Waals surface area contributed by atoms with Crippen molar-refractivity contribution in [2.45, 2.75) is 26.7 Å². The van der Waals surface area contributed by atoms with Crippen LogP contribution in [0.3, 0.4) is 0 Å². The number of hydrogen-bond donors (Lipinski definition) is 1. The maximum Gasteiger partial charge on any atom is 0.225 e. The number of carbonyl (C=O) groups excluding carboxylic acids is 1. The van der Waals surface area contributed by atoms with Gasteiger partial charge in [-0.1, -0.05) is 23.7 Å². The highest BCUT2D eigenvalue weighted by Crippen LogP contribution is 2.23. The summed E-state index contributed by atoms with van der Waals surface area (Å²) >= 11 is 5.81. The maximum atomic E-state index is 12.3. The Balaban J connectivity index is 1.57. The highest BCUT2D eigenvalue weighted by atomic mass is 35.5. The van der Waals surface area contributed by atoms with Gasteiger partial charge < -0.3 is 5.32 Å². The molecule has 0 aliphatic heterocycles. The number of nitrogens with zero attached hydrogens (tertiary/aromatic N) is 4. The number of carbonyl (C=O) groups is 1. The lowest BCUT2D eigenvalue weighted by Crippen LogP contribution is -2.15. The summed E-state index contributed by atoms with van der Waals surface area (Å²) in [5.41, 5.74) is 4.72. The van der Waals surface area contributed by atoms with E-state index < -0.39 is 0 Å². The normalized spacial score (nSPS) is 11.2. The van der Waals surface area contributed by atoms with E-state index in [2.05, 4.69) is 15.4 Å². The molecule has 0 bridgehead atoms. The Bertz CT molecular complexity index is 1150. The minimum Gasteiger partial charge on any atom is -0.311 e. The molecule has 0 saturated heterocycles. The molecule has 1 aromatic carbocycles. The summed E-state index contributed by atoms with van der Waals surface area (Å²) in [4.78, 5) is 21.1. The molecule has 27 heavy (non-hydrogen) atoms. The summed E-state index contributed by atoms with van der Waals surface area (Å²) in [5.74, 6) is 0.388. The standard InChI is InChI=1S/C20H18ClN5O/c1-12-15(8-10-19(27)24-18-9-7-14(21)11-22-18)13(2)26-20(23-12)16-5-3-4-6-17(16)25-26/h3-7,9,11H,8,10H2,1-2H3,(H,22,24,27). The van der Waals surface area contributed by atoms with Gasteiger partial charge in [0.1, 0.15) is 5.82 Å². The molecule has 0 saturated carbocycles. The second kappa shape index (κ2) is 6.96. The smallest absolute Gasteiger partial charge is 0.225 e. The fraction of sp³-hybridized carbons (Fsp3) is 0.200. The summed E-state index contributed by atoms with van der Waals surface area (Å²) in [5, 5.41) is 9.00. The van der Waals surface area contributed by atoms with Gasteiger partial charge in [0.15, 0.2) is 5.65 Å². The van der Waals surface area contributed by atoms with Gasteiger partial charge in [0.05, 0.1) is 10.5 Å². The minimum atomic E-state index is -0.102. The van der Waals surface area contributed by atoms with Crippen LogP contribution in [0, 0.1) is 13.8 Å². The molecule has 4 rings (SSSR count). The zero-order valence-electron chi connectivity index (χ0n) is 15.0. The van der Waals surface area contributed by atoms with Gasteiger partial charge in [0.25, 0.3) is 0 Å². The van der Waals surface area contributed by atoms with E-state index in [-0.39, 0.29) is 5.91 Å². The zero-order valence-corrected chi connectivity index (χ0v) is 15.8. The summed E-state index contributed by atoms with van der Waals surface area (Å²) < 4.78 is 1.87. The number of pyridine rings is 1. The fourth-order valence-electron chi connectivity index (χ4n) is 3.23. The number of rotatable bonds is 4. The Kier molecular flexibility index (Phi) is 4.49. The molecule has 7 heteroatoms. The van der Waals surface area contributed by atoms with Crippen molar-refractivity contribution in [1.29, 1.82) is 0 Å².